The zero-order chi connectivity index (χ0) is 6.91. The molecule has 1 atom stereocenters. The van der Waals surface area contributed by atoms with E-state index in [9.17, 15) is 0 Å². The summed E-state index contributed by atoms with van der Waals surface area (Å²) in [5.41, 5.74) is 0.439. The Labute approximate surface area is 57.4 Å². The highest BCUT2D eigenvalue weighted by molar-refractivity contribution is 4.82. The van der Waals surface area contributed by atoms with Crippen LogP contribution in [0.1, 0.15) is 33.6 Å². The van der Waals surface area contributed by atoms with Gasteiger partial charge in [-0.3, -0.25) is 0 Å². The molecule has 0 aromatic heterocycles. The van der Waals surface area contributed by atoms with Crippen molar-refractivity contribution < 1.29 is 4.74 Å². The highest BCUT2D eigenvalue weighted by atomic mass is 16.5. The Morgan fingerprint density at radius 1 is 1.56 bits per heavy atom. The Kier molecular flexibility index (Phi) is 1.80. The van der Waals surface area contributed by atoms with Crippen LogP contribution in [0, 0.1) is 5.41 Å². The summed E-state index contributed by atoms with van der Waals surface area (Å²) in [6.07, 6.45) is 2.90. The van der Waals surface area contributed by atoms with Gasteiger partial charge in [0.25, 0.3) is 0 Å². The fourth-order valence-electron chi connectivity index (χ4n) is 1.52. The van der Waals surface area contributed by atoms with Gasteiger partial charge >= 0.3 is 0 Å². The molecule has 1 heteroatoms. The van der Waals surface area contributed by atoms with Gasteiger partial charge in [0, 0.05) is 6.61 Å². The van der Waals surface area contributed by atoms with E-state index in [1.165, 1.54) is 6.42 Å². The number of rotatable bonds is 1. The van der Waals surface area contributed by atoms with Crippen LogP contribution >= 0.6 is 0 Å². The fraction of sp³-hybridized carbons (Fsp3) is 1.00. The zero-order valence-corrected chi connectivity index (χ0v) is 6.61. The van der Waals surface area contributed by atoms with E-state index in [0.717, 1.165) is 13.0 Å². The minimum atomic E-state index is 0.439. The molecule has 54 valence electrons. The lowest BCUT2D eigenvalue weighted by molar-refractivity contribution is 0.0611. The van der Waals surface area contributed by atoms with Gasteiger partial charge < -0.3 is 4.74 Å². The number of hydrogen-bond donors (Lipinski definition) is 0. The Balaban J connectivity index is 2.52. The fourth-order valence-corrected chi connectivity index (χ4v) is 1.52. The van der Waals surface area contributed by atoms with Gasteiger partial charge in [-0.2, -0.15) is 0 Å². The van der Waals surface area contributed by atoms with E-state index in [0.29, 0.717) is 11.5 Å². The van der Waals surface area contributed by atoms with E-state index in [1.807, 2.05) is 0 Å². The third kappa shape index (κ3) is 1.26. The lowest BCUT2D eigenvalue weighted by Gasteiger charge is -2.23. The summed E-state index contributed by atoms with van der Waals surface area (Å²) in [5, 5.41) is 0. The maximum atomic E-state index is 5.52. The predicted molar refractivity (Wildman–Crippen MR) is 38.4 cm³/mol. The molecule has 0 aromatic carbocycles. The molecule has 0 spiro atoms. The minimum absolute atomic E-state index is 0.439. The average Bonchev–Trinajstić information content (AvgIpc) is 2.08. The Morgan fingerprint density at radius 3 is 2.44 bits per heavy atom. The van der Waals surface area contributed by atoms with Crippen LogP contribution in [0.5, 0.6) is 0 Å². The molecule has 1 aliphatic rings. The Bertz CT molecular complexity index is 96.7. The van der Waals surface area contributed by atoms with Crippen LogP contribution in [0.2, 0.25) is 0 Å². The van der Waals surface area contributed by atoms with E-state index in [4.69, 9.17) is 4.74 Å². The minimum Gasteiger partial charge on any atom is -0.378 e. The molecule has 0 radical (unpaired) electrons. The van der Waals surface area contributed by atoms with E-state index < -0.39 is 0 Å². The van der Waals surface area contributed by atoms with Crippen molar-refractivity contribution in [2.24, 2.45) is 5.41 Å². The van der Waals surface area contributed by atoms with Crippen molar-refractivity contribution in [3.05, 3.63) is 0 Å². The molecule has 1 aliphatic heterocycles. The van der Waals surface area contributed by atoms with E-state index in [2.05, 4.69) is 20.8 Å². The Morgan fingerprint density at radius 2 is 2.22 bits per heavy atom. The molecular weight excluding hydrogens is 112 g/mol. The summed E-state index contributed by atoms with van der Waals surface area (Å²) in [7, 11) is 0. The van der Waals surface area contributed by atoms with E-state index in [1.54, 1.807) is 0 Å². The zero-order valence-electron chi connectivity index (χ0n) is 6.61. The summed E-state index contributed by atoms with van der Waals surface area (Å²) in [6, 6.07) is 0. The van der Waals surface area contributed by atoms with Crippen molar-refractivity contribution in [3.8, 4) is 0 Å². The van der Waals surface area contributed by atoms with Gasteiger partial charge in [0.15, 0.2) is 0 Å². The normalized spacial score (nSPS) is 33.0. The topological polar surface area (TPSA) is 9.23 Å². The van der Waals surface area contributed by atoms with Gasteiger partial charge in [-0.05, 0) is 18.3 Å². The van der Waals surface area contributed by atoms with Crippen LogP contribution in [-0.4, -0.2) is 12.7 Å². The highest BCUT2D eigenvalue weighted by Crippen LogP contribution is 2.35. The average molecular weight is 128 g/mol. The second-order valence-corrected chi connectivity index (χ2v) is 3.51. The van der Waals surface area contributed by atoms with Crippen LogP contribution < -0.4 is 0 Å². The van der Waals surface area contributed by atoms with Gasteiger partial charge in [0.1, 0.15) is 0 Å². The van der Waals surface area contributed by atoms with Crippen molar-refractivity contribution in [1.82, 2.24) is 0 Å². The van der Waals surface area contributed by atoms with Crippen molar-refractivity contribution >= 4 is 0 Å². The van der Waals surface area contributed by atoms with Crippen molar-refractivity contribution in [2.75, 3.05) is 6.61 Å². The third-order valence-electron chi connectivity index (χ3n) is 2.31. The quantitative estimate of drug-likeness (QED) is 0.526. The molecule has 1 rings (SSSR count). The van der Waals surface area contributed by atoms with Crippen LogP contribution in [0.3, 0.4) is 0 Å². The molecule has 9 heavy (non-hydrogen) atoms. The summed E-state index contributed by atoms with van der Waals surface area (Å²) >= 11 is 0. The van der Waals surface area contributed by atoms with Crippen LogP contribution in [-0.2, 0) is 4.74 Å². The van der Waals surface area contributed by atoms with Gasteiger partial charge in [-0.1, -0.05) is 20.8 Å². The third-order valence-corrected chi connectivity index (χ3v) is 2.31. The summed E-state index contributed by atoms with van der Waals surface area (Å²) in [6.45, 7) is 7.73. The standard InChI is InChI=1S/C8H16O/c1-4-7-8(2,3)5-6-9-7/h7H,4-6H2,1-3H3. The van der Waals surface area contributed by atoms with E-state index >= 15 is 0 Å². The van der Waals surface area contributed by atoms with Gasteiger partial charge in [-0.25, -0.2) is 0 Å². The molecule has 0 bridgehead atoms. The number of ether oxygens (including phenoxy) is 1. The first-order valence-corrected chi connectivity index (χ1v) is 3.78. The van der Waals surface area contributed by atoms with Crippen molar-refractivity contribution in [3.63, 3.8) is 0 Å². The molecule has 0 saturated carbocycles. The van der Waals surface area contributed by atoms with Crippen LogP contribution in [0.15, 0.2) is 0 Å². The monoisotopic (exact) mass is 128 g/mol. The van der Waals surface area contributed by atoms with Crippen LogP contribution in [0.4, 0.5) is 0 Å². The van der Waals surface area contributed by atoms with Gasteiger partial charge in [-0.15, -0.1) is 0 Å². The first kappa shape index (κ1) is 7.07. The molecule has 1 unspecified atom stereocenters. The molecule has 1 saturated heterocycles. The SMILES string of the molecule is CCC1OCCC1(C)C. The second-order valence-electron chi connectivity index (χ2n) is 3.51. The first-order chi connectivity index (χ1) is 4.17. The first-order valence-electron chi connectivity index (χ1n) is 3.78. The smallest absolute Gasteiger partial charge is 0.0624 e. The van der Waals surface area contributed by atoms with Crippen molar-refractivity contribution in [2.45, 2.75) is 39.7 Å². The molecule has 0 aromatic rings. The van der Waals surface area contributed by atoms with Gasteiger partial charge in [0.05, 0.1) is 6.10 Å². The molecule has 1 fully saturated rings. The molecule has 0 aliphatic carbocycles. The summed E-state index contributed by atoms with van der Waals surface area (Å²) < 4.78 is 5.52. The van der Waals surface area contributed by atoms with Crippen LogP contribution in [0.25, 0.3) is 0 Å². The molecule has 0 amide bonds. The predicted octanol–water partition coefficient (Wildman–Crippen LogP) is 2.21. The second kappa shape index (κ2) is 2.30. The lowest BCUT2D eigenvalue weighted by Crippen LogP contribution is -2.22. The summed E-state index contributed by atoms with van der Waals surface area (Å²) in [5.74, 6) is 0. The maximum absolute atomic E-state index is 5.52. The van der Waals surface area contributed by atoms with E-state index in [-0.39, 0.29) is 0 Å². The number of hydrogen-bond acceptors (Lipinski definition) is 1. The molecule has 1 heterocycles. The molecular formula is C8H16O. The van der Waals surface area contributed by atoms with Gasteiger partial charge in [0.2, 0.25) is 0 Å². The largest absolute Gasteiger partial charge is 0.378 e. The maximum Gasteiger partial charge on any atom is 0.0624 e. The summed E-state index contributed by atoms with van der Waals surface area (Å²) in [4.78, 5) is 0. The highest BCUT2D eigenvalue weighted by Gasteiger charge is 2.33. The Hall–Kier alpha value is -0.0400. The molecule has 1 nitrogen and oxygen atoms in total. The molecule has 0 N–H and O–H groups in total. The lowest BCUT2D eigenvalue weighted by atomic mass is 9.84. The van der Waals surface area contributed by atoms with Crippen molar-refractivity contribution in [1.29, 1.82) is 0 Å².